The molecular weight excluding hydrogens is 494 g/mol. The summed E-state index contributed by atoms with van der Waals surface area (Å²) in [6.07, 6.45) is 1.56. The Labute approximate surface area is 201 Å². The van der Waals surface area contributed by atoms with Crippen molar-refractivity contribution in [3.05, 3.63) is 62.2 Å². The van der Waals surface area contributed by atoms with E-state index in [9.17, 15) is 23.5 Å². The monoisotopic (exact) mass is 512 g/mol. The van der Waals surface area contributed by atoms with E-state index >= 15 is 0 Å². The molecule has 2 atom stereocenters. The van der Waals surface area contributed by atoms with Crippen molar-refractivity contribution in [2.45, 2.75) is 12.1 Å². The maximum Gasteiger partial charge on any atom is 0.338 e. The zero-order valence-electron chi connectivity index (χ0n) is 17.8. The summed E-state index contributed by atoms with van der Waals surface area (Å²) in [5.41, 5.74) is 0.322. The maximum absolute atomic E-state index is 14.2. The molecule has 1 aromatic heterocycles. The van der Waals surface area contributed by atoms with Gasteiger partial charge in [-0.05, 0) is 12.1 Å². The van der Waals surface area contributed by atoms with Crippen molar-refractivity contribution in [1.82, 2.24) is 15.2 Å². The number of halogens is 3. The lowest BCUT2D eigenvalue weighted by Gasteiger charge is -2.35. The number of carboxylic acid groups (broad SMARTS) is 1. The number of nitrogens with zero attached hydrogens (tertiary/aromatic N) is 3. The van der Waals surface area contributed by atoms with Crippen molar-refractivity contribution in [1.29, 1.82) is 0 Å². The number of carbonyl (C=O) groups excluding carboxylic acids is 1. The Bertz CT molecular complexity index is 1170. The Balaban J connectivity index is 1.85. The SMILES string of the molecule is COC(=O)C1=C(CN2CCOCC2C(=O)O)NC(c2nccs2)=NC1c1cc(F)c(F)cc1Cl. The summed E-state index contributed by atoms with van der Waals surface area (Å²) in [7, 11) is 1.17. The number of esters is 1. The zero-order valence-corrected chi connectivity index (χ0v) is 19.3. The van der Waals surface area contributed by atoms with Gasteiger partial charge in [-0.1, -0.05) is 11.6 Å². The summed E-state index contributed by atoms with van der Waals surface area (Å²) >= 11 is 7.50. The number of methoxy groups -OCH3 is 1. The van der Waals surface area contributed by atoms with E-state index in [4.69, 9.17) is 21.1 Å². The number of rotatable bonds is 6. The molecule has 2 N–H and O–H groups in total. The Kier molecular flexibility index (Phi) is 7.22. The molecule has 0 spiro atoms. The molecule has 0 radical (unpaired) electrons. The first kappa shape index (κ1) is 24.2. The van der Waals surface area contributed by atoms with Gasteiger partial charge >= 0.3 is 11.9 Å². The first-order valence-corrected chi connectivity index (χ1v) is 11.3. The summed E-state index contributed by atoms with van der Waals surface area (Å²) < 4.78 is 38.2. The number of benzene rings is 1. The number of nitrogens with one attached hydrogen (secondary N) is 1. The lowest BCUT2D eigenvalue weighted by atomic mass is 9.94. The molecule has 0 saturated carbocycles. The highest BCUT2D eigenvalue weighted by Gasteiger charge is 2.37. The third-order valence-corrected chi connectivity index (χ3v) is 6.49. The van der Waals surface area contributed by atoms with Gasteiger partial charge in [-0.15, -0.1) is 11.3 Å². The van der Waals surface area contributed by atoms with Gasteiger partial charge in [0.1, 0.15) is 12.1 Å². The second-order valence-corrected chi connectivity index (χ2v) is 8.72. The molecule has 3 heterocycles. The summed E-state index contributed by atoms with van der Waals surface area (Å²) in [6.45, 7) is 0.558. The maximum atomic E-state index is 14.2. The number of morpholine rings is 1. The quantitative estimate of drug-likeness (QED) is 0.448. The molecule has 1 aromatic carbocycles. The number of thiazole rings is 1. The second-order valence-electron chi connectivity index (χ2n) is 7.41. The van der Waals surface area contributed by atoms with Gasteiger partial charge in [0.05, 0.1) is 25.9 Å². The van der Waals surface area contributed by atoms with E-state index < -0.39 is 35.7 Å². The molecule has 2 aliphatic heterocycles. The number of aromatic nitrogens is 1. The Morgan fingerprint density at radius 2 is 2.15 bits per heavy atom. The molecule has 0 bridgehead atoms. The Hall–Kier alpha value is -2.93. The summed E-state index contributed by atoms with van der Waals surface area (Å²) in [6, 6.07) is -0.417. The van der Waals surface area contributed by atoms with E-state index in [1.807, 2.05) is 0 Å². The molecular formula is C21H19ClF2N4O5S. The number of hydrogen-bond donors (Lipinski definition) is 2. The average Bonchev–Trinajstić information content (AvgIpc) is 3.36. The number of amidine groups is 1. The molecule has 9 nitrogen and oxygen atoms in total. The predicted molar refractivity (Wildman–Crippen MR) is 119 cm³/mol. The van der Waals surface area contributed by atoms with E-state index in [1.54, 1.807) is 16.5 Å². The van der Waals surface area contributed by atoms with Crippen LogP contribution in [0.4, 0.5) is 8.78 Å². The number of aliphatic imine (C=N–C) groups is 1. The topological polar surface area (TPSA) is 113 Å². The van der Waals surface area contributed by atoms with Crippen molar-refractivity contribution < 1.29 is 33.0 Å². The molecule has 0 aliphatic carbocycles. The molecule has 180 valence electrons. The van der Waals surface area contributed by atoms with Gasteiger partial charge in [0.2, 0.25) is 0 Å². The third kappa shape index (κ3) is 4.80. The minimum absolute atomic E-state index is 0.00699. The Morgan fingerprint density at radius 3 is 2.82 bits per heavy atom. The molecule has 4 rings (SSSR count). The first-order valence-electron chi connectivity index (χ1n) is 10.0. The predicted octanol–water partition coefficient (Wildman–Crippen LogP) is 2.38. The number of carbonyl (C=O) groups is 2. The van der Waals surface area contributed by atoms with Gasteiger partial charge in [-0.25, -0.2) is 18.6 Å². The summed E-state index contributed by atoms with van der Waals surface area (Å²) in [4.78, 5) is 35.0. The third-order valence-electron chi connectivity index (χ3n) is 5.39. The fourth-order valence-corrected chi connectivity index (χ4v) is 4.59. The lowest BCUT2D eigenvalue weighted by molar-refractivity contribution is -0.149. The number of carboxylic acids is 1. The Morgan fingerprint density at radius 1 is 1.38 bits per heavy atom. The van der Waals surface area contributed by atoms with Crippen LogP contribution in [-0.2, 0) is 19.1 Å². The lowest BCUT2D eigenvalue weighted by Crippen LogP contribution is -2.52. The standard InChI is InChI=1S/C21H19ClF2N4O5S/c1-32-21(31)16-14(8-28-3-4-33-9-15(28)20(29)30)26-18(19-25-2-5-34-19)27-17(16)10-6-12(23)13(24)7-11(10)22/h2,5-7,15,17H,3-4,8-9H2,1H3,(H,26,27)(H,29,30). The molecule has 2 unspecified atom stereocenters. The average molecular weight is 513 g/mol. The number of aliphatic carboxylic acids is 1. The van der Waals surface area contributed by atoms with Crippen molar-refractivity contribution in [2.75, 3.05) is 33.4 Å². The molecule has 2 aliphatic rings. The molecule has 13 heteroatoms. The van der Waals surface area contributed by atoms with E-state index in [0.717, 1.165) is 12.1 Å². The molecule has 1 saturated heterocycles. The van der Waals surface area contributed by atoms with Crippen LogP contribution in [0.5, 0.6) is 0 Å². The van der Waals surface area contributed by atoms with Crippen molar-refractivity contribution in [3.8, 4) is 0 Å². The van der Waals surface area contributed by atoms with Crippen LogP contribution < -0.4 is 5.32 Å². The van der Waals surface area contributed by atoms with E-state index in [2.05, 4.69) is 15.3 Å². The molecule has 0 amide bonds. The molecule has 34 heavy (non-hydrogen) atoms. The molecule has 1 fully saturated rings. The fourth-order valence-electron chi connectivity index (χ4n) is 3.75. The van der Waals surface area contributed by atoms with Crippen LogP contribution in [0, 0.1) is 11.6 Å². The van der Waals surface area contributed by atoms with Crippen LogP contribution in [-0.4, -0.2) is 72.2 Å². The van der Waals surface area contributed by atoms with Gasteiger partial charge in [0.25, 0.3) is 0 Å². The van der Waals surface area contributed by atoms with Crippen LogP contribution in [0.3, 0.4) is 0 Å². The fraction of sp³-hybridized carbons (Fsp3) is 0.333. The van der Waals surface area contributed by atoms with Crippen LogP contribution in [0.25, 0.3) is 0 Å². The normalized spacial score (nSPS) is 21.1. The zero-order chi connectivity index (χ0) is 24.4. The van der Waals surface area contributed by atoms with Gasteiger partial charge in [-0.3, -0.25) is 14.7 Å². The van der Waals surface area contributed by atoms with Crippen LogP contribution in [0.15, 0.2) is 40.0 Å². The second kappa shape index (κ2) is 10.1. The van der Waals surface area contributed by atoms with E-state index in [1.165, 1.54) is 18.4 Å². The smallest absolute Gasteiger partial charge is 0.338 e. The van der Waals surface area contributed by atoms with E-state index in [-0.39, 0.29) is 47.4 Å². The number of hydrogen-bond acceptors (Lipinski definition) is 9. The minimum Gasteiger partial charge on any atom is -0.480 e. The van der Waals surface area contributed by atoms with Gasteiger partial charge in [0, 0.05) is 40.9 Å². The van der Waals surface area contributed by atoms with Crippen LogP contribution in [0.2, 0.25) is 5.02 Å². The van der Waals surface area contributed by atoms with Crippen molar-refractivity contribution in [3.63, 3.8) is 0 Å². The molecule has 2 aromatic rings. The number of ether oxygens (including phenoxy) is 2. The van der Waals surface area contributed by atoms with E-state index in [0.29, 0.717) is 11.6 Å². The van der Waals surface area contributed by atoms with Gasteiger partial charge in [-0.2, -0.15) is 0 Å². The van der Waals surface area contributed by atoms with Crippen molar-refractivity contribution >= 4 is 40.7 Å². The van der Waals surface area contributed by atoms with Crippen LogP contribution >= 0.6 is 22.9 Å². The highest BCUT2D eigenvalue weighted by atomic mass is 35.5. The summed E-state index contributed by atoms with van der Waals surface area (Å²) in [5, 5.41) is 14.7. The summed E-state index contributed by atoms with van der Waals surface area (Å²) in [5.74, 6) is -3.90. The minimum atomic E-state index is -1.16. The highest BCUT2D eigenvalue weighted by molar-refractivity contribution is 7.11. The van der Waals surface area contributed by atoms with Crippen LogP contribution in [0.1, 0.15) is 16.6 Å². The van der Waals surface area contributed by atoms with Crippen molar-refractivity contribution in [2.24, 2.45) is 4.99 Å². The van der Waals surface area contributed by atoms with Gasteiger partial charge in [0.15, 0.2) is 22.5 Å². The first-order chi connectivity index (χ1) is 16.3. The highest BCUT2D eigenvalue weighted by Crippen LogP contribution is 2.37. The van der Waals surface area contributed by atoms with Gasteiger partial charge < -0.3 is 19.9 Å². The largest absolute Gasteiger partial charge is 0.480 e.